The van der Waals surface area contributed by atoms with Gasteiger partial charge in [-0.05, 0) is 60.1 Å². The standard InChI is InChI=1S/C25H34N2O4S/c1-25(2,3)21-9-6-20(7-10-21)8-15-24(28)26-16-19-31-22-11-13-23(14-12-22)32(29,30)27-17-4-5-18-27/h6-7,9-14H,4-5,8,15-19H2,1-3H3,(H,26,28). The number of nitrogens with one attached hydrogen (secondary N) is 1. The molecule has 6 nitrogen and oxygen atoms in total. The summed E-state index contributed by atoms with van der Waals surface area (Å²) in [7, 11) is -3.41. The molecule has 3 rings (SSSR count). The molecule has 0 bridgehead atoms. The quantitative estimate of drug-likeness (QED) is 0.579. The van der Waals surface area contributed by atoms with Crippen LogP contribution in [0.5, 0.6) is 5.75 Å². The Morgan fingerprint density at radius 2 is 1.62 bits per heavy atom. The van der Waals surface area contributed by atoms with E-state index in [9.17, 15) is 13.2 Å². The maximum absolute atomic E-state index is 12.5. The molecule has 1 aliphatic rings. The fourth-order valence-electron chi connectivity index (χ4n) is 3.66. The fourth-order valence-corrected chi connectivity index (χ4v) is 5.18. The summed E-state index contributed by atoms with van der Waals surface area (Å²) in [5.41, 5.74) is 2.55. The summed E-state index contributed by atoms with van der Waals surface area (Å²) in [5, 5.41) is 2.87. The molecule has 1 heterocycles. The van der Waals surface area contributed by atoms with E-state index in [1.807, 2.05) is 0 Å². The predicted octanol–water partition coefficient (Wildman–Crippen LogP) is 3.90. The van der Waals surface area contributed by atoms with Gasteiger partial charge in [0.2, 0.25) is 15.9 Å². The third-order valence-electron chi connectivity index (χ3n) is 5.68. The minimum atomic E-state index is -3.41. The molecule has 0 aromatic heterocycles. The first kappa shape index (κ1) is 24.3. The van der Waals surface area contributed by atoms with Crippen molar-refractivity contribution in [3.05, 3.63) is 59.7 Å². The number of benzene rings is 2. The first-order chi connectivity index (χ1) is 15.2. The van der Waals surface area contributed by atoms with E-state index in [4.69, 9.17) is 4.74 Å². The van der Waals surface area contributed by atoms with Crippen molar-refractivity contribution in [2.45, 2.75) is 56.8 Å². The lowest BCUT2D eigenvalue weighted by Gasteiger charge is -2.19. The zero-order valence-corrected chi connectivity index (χ0v) is 20.1. The van der Waals surface area contributed by atoms with Crippen LogP contribution in [-0.4, -0.2) is 44.9 Å². The second kappa shape index (κ2) is 10.5. The number of amides is 1. The molecule has 174 valence electrons. The molecule has 1 amide bonds. The Balaban J connectivity index is 1.37. The summed E-state index contributed by atoms with van der Waals surface area (Å²) in [5.74, 6) is 0.569. The van der Waals surface area contributed by atoms with Crippen molar-refractivity contribution in [1.82, 2.24) is 9.62 Å². The van der Waals surface area contributed by atoms with Crippen molar-refractivity contribution >= 4 is 15.9 Å². The molecule has 1 fully saturated rings. The number of rotatable bonds is 9. The minimum Gasteiger partial charge on any atom is -0.492 e. The Morgan fingerprint density at radius 3 is 2.22 bits per heavy atom. The largest absolute Gasteiger partial charge is 0.492 e. The van der Waals surface area contributed by atoms with Crippen LogP contribution in [-0.2, 0) is 26.7 Å². The summed E-state index contributed by atoms with van der Waals surface area (Å²) >= 11 is 0. The van der Waals surface area contributed by atoms with E-state index in [1.165, 1.54) is 9.87 Å². The van der Waals surface area contributed by atoms with Gasteiger partial charge < -0.3 is 10.1 Å². The van der Waals surface area contributed by atoms with Crippen molar-refractivity contribution < 1.29 is 17.9 Å². The van der Waals surface area contributed by atoms with Crippen LogP contribution < -0.4 is 10.1 Å². The van der Waals surface area contributed by atoms with Crippen LogP contribution in [0.15, 0.2) is 53.4 Å². The lowest BCUT2D eigenvalue weighted by atomic mass is 9.86. The smallest absolute Gasteiger partial charge is 0.243 e. The molecule has 1 saturated heterocycles. The van der Waals surface area contributed by atoms with E-state index in [2.05, 4.69) is 50.4 Å². The summed E-state index contributed by atoms with van der Waals surface area (Å²) in [6.45, 7) is 8.44. The SMILES string of the molecule is CC(C)(C)c1ccc(CCC(=O)NCCOc2ccc(S(=O)(=O)N3CCCC3)cc2)cc1. The van der Waals surface area contributed by atoms with Crippen LogP contribution in [0.2, 0.25) is 0 Å². The Labute approximate surface area is 192 Å². The van der Waals surface area contributed by atoms with Crippen LogP contribution in [0.1, 0.15) is 51.2 Å². The number of ether oxygens (including phenoxy) is 1. The van der Waals surface area contributed by atoms with Gasteiger partial charge in [0.05, 0.1) is 11.4 Å². The normalized spacial score (nSPS) is 15.0. The van der Waals surface area contributed by atoms with E-state index in [0.29, 0.717) is 44.8 Å². The van der Waals surface area contributed by atoms with Crippen LogP contribution in [0, 0.1) is 0 Å². The van der Waals surface area contributed by atoms with E-state index < -0.39 is 10.0 Å². The lowest BCUT2D eigenvalue weighted by molar-refractivity contribution is -0.121. The van der Waals surface area contributed by atoms with Crippen LogP contribution in [0.4, 0.5) is 0 Å². The van der Waals surface area contributed by atoms with Gasteiger partial charge in [-0.3, -0.25) is 4.79 Å². The molecule has 0 saturated carbocycles. The Bertz CT molecular complexity index is 988. The molecule has 1 aliphatic heterocycles. The van der Waals surface area contributed by atoms with Crippen LogP contribution >= 0.6 is 0 Å². The number of sulfonamides is 1. The zero-order valence-electron chi connectivity index (χ0n) is 19.3. The molecule has 0 atom stereocenters. The predicted molar refractivity (Wildman–Crippen MR) is 126 cm³/mol. The molecular weight excluding hydrogens is 424 g/mol. The minimum absolute atomic E-state index is 0.0134. The summed E-state index contributed by atoms with van der Waals surface area (Å²) in [4.78, 5) is 12.4. The lowest BCUT2D eigenvalue weighted by Crippen LogP contribution is -2.28. The average molecular weight is 459 g/mol. The molecule has 0 radical (unpaired) electrons. The van der Waals surface area contributed by atoms with Gasteiger partial charge in [-0.25, -0.2) is 8.42 Å². The number of nitrogens with zero attached hydrogens (tertiary/aromatic N) is 1. The van der Waals surface area contributed by atoms with E-state index >= 15 is 0 Å². The first-order valence-corrected chi connectivity index (χ1v) is 12.7. The second-order valence-electron chi connectivity index (χ2n) is 9.23. The molecule has 1 N–H and O–H groups in total. The molecule has 2 aromatic rings. The van der Waals surface area contributed by atoms with Gasteiger partial charge in [0.25, 0.3) is 0 Å². The van der Waals surface area contributed by atoms with E-state index in [-0.39, 0.29) is 16.2 Å². The number of hydrogen-bond acceptors (Lipinski definition) is 4. The highest BCUT2D eigenvalue weighted by Crippen LogP contribution is 2.23. The average Bonchev–Trinajstić information content (AvgIpc) is 3.31. The fraction of sp³-hybridized carbons (Fsp3) is 0.480. The zero-order chi connectivity index (χ0) is 23.2. The van der Waals surface area contributed by atoms with Gasteiger partial charge in [0, 0.05) is 19.5 Å². The van der Waals surface area contributed by atoms with Gasteiger partial charge in [0.1, 0.15) is 12.4 Å². The summed E-state index contributed by atoms with van der Waals surface area (Å²) in [6.07, 6.45) is 2.95. The first-order valence-electron chi connectivity index (χ1n) is 11.3. The summed E-state index contributed by atoms with van der Waals surface area (Å²) < 4.78 is 32.2. The third-order valence-corrected chi connectivity index (χ3v) is 7.59. The van der Waals surface area contributed by atoms with E-state index in [0.717, 1.165) is 18.4 Å². The van der Waals surface area contributed by atoms with Gasteiger partial charge in [0.15, 0.2) is 0 Å². The maximum atomic E-state index is 12.5. The second-order valence-corrected chi connectivity index (χ2v) is 11.2. The molecule has 0 unspecified atom stereocenters. The molecular formula is C25H34N2O4S. The Hall–Kier alpha value is -2.38. The molecule has 7 heteroatoms. The molecule has 2 aromatic carbocycles. The van der Waals surface area contributed by atoms with Crippen molar-refractivity contribution in [3.63, 3.8) is 0 Å². The molecule has 0 spiro atoms. The Morgan fingerprint density at radius 1 is 1.00 bits per heavy atom. The third kappa shape index (κ3) is 6.56. The Kier molecular flexibility index (Phi) is 7.96. The van der Waals surface area contributed by atoms with Gasteiger partial charge in [-0.2, -0.15) is 4.31 Å². The highest BCUT2D eigenvalue weighted by atomic mass is 32.2. The monoisotopic (exact) mass is 458 g/mol. The number of carbonyl (C=O) groups is 1. The van der Waals surface area contributed by atoms with Gasteiger partial charge in [-0.1, -0.05) is 45.0 Å². The van der Waals surface area contributed by atoms with Crippen molar-refractivity contribution in [1.29, 1.82) is 0 Å². The van der Waals surface area contributed by atoms with Crippen molar-refractivity contribution in [2.75, 3.05) is 26.2 Å². The molecule has 0 aliphatic carbocycles. The number of aryl methyl sites for hydroxylation is 1. The van der Waals surface area contributed by atoms with Crippen LogP contribution in [0.3, 0.4) is 0 Å². The van der Waals surface area contributed by atoms with Crippen LogP contribution in [0.25, 0.3) is 0 Å². The number of carbonyl (C=O) groups excluding carboxylic acids is 1. The van der Waals surface area contributed by atoms with Gasteiger partial charge >= 0.3 is 0 Å². The van der Waals surface area contributed by atoms with E-state index in [1.54, 1.807) is 24.3 Å². The number of hydrogen-bond donors (Lipinski definition) is 1. The molecule has 32 heavy (non-hydrogen) atoms. The van der Waals surface area contributed by atoms with Crippen molar-refractivity contribution in [3.8, 4) is 5.75 Å². The maximum Gasteiger partial charge on any atom is 0.243 e. The highest BCUT2D eigenvalue weighted by Gasteiger charge is 2.26. The van der Waals surface area contributed by atoms with Gasteiger partial charge in [-0.15, -0.1) is 0 Å². The topological polar surface area (TPSA) is 75.7 Å². The summed E-state index contributed by atoms with van der Waals surface area (Å²) in [6, 6.07) is 14.9. The van der Waals surface area contributed by atoms with Crippen molar-refractivity contribution in [2.24, 2.45) is 0 Å². The highest BCUT2D eigenvalue weighted by molar-refractivity contribution is 7.89.